The standard InChI is InChI=1S/C23H26F2N2O4/c1-2-30-20-5-3-4-6-21(20)31-17-10-13-27(14-11-17)22(28)9-12-26-23(29)18-8-7-16(24)15-19(18)25/h3-8,15,17H,2,9-14H2,1H3,(H,26,29). The first-order valence-corrected chi connectivity index (χ1v) is 10.4. The number of hydrogen-bond acceptors (Lipinski definition) is 4. The highest BCUT2D eigenvalue weighted by atomic mass is 19.1. The van der Waals surface area contributed by atoms with Crippen LogP contribution in [0.1, 0.15) is 36.5 Å². The molecule has 0 aromatic heterocycles. The number of nitrogens with zero attached hydrogens (tertiary/aromatic N) is 1. The molecule has 0 bridgehead atoms. The number of carbonyl (C=O) groups is 2. The van der Waals surface area contributed by atoms with E-state index in [4.69, 9.17) is 9.47 Å². The quantitative estimate of drug-likeness (QED) is 0.693. The molecule has 0 radical (unpaired) electrons. The first kappa shape index (κ1) is 22.5. The van der Waals surface area contributed by atoms with Crippen LogP contribution in [0.4, 0.5) is 8.78 Å². The van der Waals surface area contributed by atoms with Gasteiger partial charge in [0, 0.05) is 45.0 Å². The molecule has 0 unspecified atom stereocenters. The van der Waals surface area contributed by atoms with E-state index in [2.05, 4.69) is 5.32 Å². The molecule has 6 nitrogen and oxygen atoms in total. The maximum atomic E-state index is 13.6. The molecule has 1 heterocycles. The normalized spacial score (nSPS) is 14.2. The minimum atomic E-state index is -0.934. The zero-order chi connectivity index (χ0) is 22.2. The number of benzene rings is 2. The van der Waals surface area contributed by atoms with Gasteiger partial charge in [0.15, 0.2) is 11.5 Å². The van der Waals surface area contributed by atoms with Crippen LogP contribution in [0.25, 0.3) is 0 Å². The van der Waals surface area contributed by atoms with E-state index < -0.39 is 17.5 Å². The summed E-state index contributed by atoms with van der Waals surface area (Å²) in [4.78, 5) is 26.2. The van der Waals surface area contributed by atoms with Gasteiger partial charge in [-0.2, -0.15) is 0 Å². The average Bonchev–Trinajstić information content (AvgIpc) is 2.75. The highest BCUT2D eigenvalue weighted by Gasteiger charge is 2.24. The van der Waals surface area contributed by atoms with E-state index in [1.54, 1.807) is 4.90 Å². The van der Waals surface area contributed by atoms with Crippen molar-refractivity contribution in [3.05, 3.63) is 59.7 Å². The zero-order valence-corrected chi connectivity index (χ0v) is 17.4. The molecule has 0 atom stereocenters. The van der Waals surface area contributed by atoms with Crippen molar-refractivity contribution >= 4 is 11.8 Å². The summed E-state index contributed by atoms with van der Waals surface area (Å²) in [5.74, 6) is -1.05. The Morgan fingerprint density at radius 3 is 2.48 bits per heavy atom. The SMILES string of the molecule is CCOc1ccccc1OC1CCN(C(=O)CCNC(=O)c2ccc(F)cc2F)CC1. The van der Waals surface area contributed by atoms with E-state index in [0.717, 1.165) is 12.1 Å². The summed E-state index contributed by atoms with van der Waals surface area (Å²) < 4.78 is 38.2. The van der Waals surface area contributed by atoms with Gasteiger partial charge in [-0.15, -0.1) is 0 Å². The molecule has 1 fully saturated rings. The Hall–Kier alpha value is -3.16. The van der Waals surface area contributed by atoms with Crippen LogP contribution in [-0.2, 0) is 4.79 Å². The number of ether oxygens (including phenoxy) is 2. The number of halogens is 2. The van der Waals surface area contributed by atoms with Crippen LogP contribution in [0.15, 0.2) is 42.5 Å². The van der Waals surface area contributed by atoms with E-state index in [-0.39, 0.29) is 30.5 Å². The second kappa shape index (κ2) is 10.7. The summed E-state index contributed by atoms with van der Waals surface area (Å²) in [5.41, 5.74) is -0.251. The lowest BCUT2D eigenvalue weighted by molar-refractivity contribution is -0.132. The molecule has 0 spiro atoms. The molecule has 2 aromatic carbocycles. The molecule has 1 aliphatic heterocycles. The molecule has 3 rings (SSSR count). The molecule has 166 valence electrons. The van der Waals surface area contributed by atoms with Crippen LogP contribution >= 0.6 is 0 Å². The Morgan fingerprint density at radius 1 is 1.10 bits per heavy atom. The minimum absolute atomic E-state index is 0.00758. The van der Waals surface area contributed by atoms with Crippen LogP contribution in [0.2, 0.25) is 0 Å². The molecule has 1 aliphatic rings. The summed E-state index contributed by atoms with van der Waals surface area (Å²) in [5, 5.41) is 2.50. The van der Waals surface area contributed by atoms with Crippen molar-refractivity contribution in [2.24, 2.45) is 0 Å². The number of amides is 2. The smallest absolute Gasteiger partial charge is 0.254 e. The van der Waals surface area contributed by atoms with Crippen molar-refractivity contribution in [3.63, 3.8) is 0 Å². The number of carbonyl (C=O) groups excluding carboxylic acids is 2. The Labute approximate surface area is 180 Å². The van der Waals surface area contributed by atoms with Crippen molar-refractivity contribution in [1.82, 2.24) is 10.2 Å². The third kappa shape index (κ3) is 6.16. The number of para-hydroxylation sites is 2. The Balaban J connectivity index is 1.42. The fourth-order valence-corrected chi connectivity index (χ4v) is 3.43. The third-order valence-electron chi connectivity index (χ3n) is 5.04. The predicted octanol–water partition coefficient (Wildman–Crippen LogP) is 3.55. The molecule has 0 aliphatic carbocycles. The summed E-state index contributed by atoms with van der Waals surface area (Å²) in [7, 11) is 0. The molecule has 1 saturated heterocycles. The van der Waals surface area contributed by atoms with Crippen LogP contribution in [0.5, 0.6) is 11.5 Å². The van der Waals surface area contributed by atoms with Gasteiger partial charge < -0.3 is 19.7 Å². The largest absolute Gasteiger partial charge is 0.490 e. The van der Waals surface area contributed by atoms with Crippen LogP contribution < -0.4 is 14.8 Å². The van der Waals surface area contributed by atoms with Gasteiger partial charge in [0.05, 0.1) is 12.2 Å². The molecule has 2 amide bonds. The average molecular weight is 432 g/mol. The lowest BCUT2D eigenvalue weighted by Gasteiger charge is -2.32. The maximum Gasteiger partial charge on any atom is 0.254 e. The molecule has 31 heavy (non-hydrogen) atoms. The monoisotopic (exact) mass is 432 g/mol. The van der Waals surface area contributed by atoms with E-state index in [1.807, 2.05) is 31.2 Å². The molecule has 2 aromatic rings. The number of piperidine rings is 1. The molecular formula is C23H26F2N2O4. The van der Waals surface area contributed by atoms with Crippen LogP contribution in [0, 0.1) is 11.6 Å². The fraction of sp³-hybridized carbons (Fsp3) is 0.391. The molecule has 8 heteroatoms. The van der Waals surface area contributed by atoms with Gasteiger partial charge in [0.2, 0.25) is 5.91 Å². The predicted molar refractivity (Wildman–Crippen MR) is 111 cm³/mol. The zero-order valence-electron chi connectivity index (χ0n) is 17.4. The highest BCUT2D eigenvalue weighted by molar-refractivity contribution is 5.94. The van der Waals surface area contributed by atoms with Crippen molar-refractivity contribution < 1.29 is 27.8 Å². The number of likely N-dealkylation sites (tertiary alicyclic amines) is 1. The Bertz CT molecular complexity index is 914. The maximum absolute atomic E-state index is 13.6. The van der Waals surface area contributed by atoms with Gasteiger partial charge in [-0.25, -0.2) is 8.78 Å². The van der Waals surface area contributed by atoms with Gasteiger partial charge in [0.25, 0.3) is 5.91 Å². The van der Waals surface area contributed by atoms with Crippen molar-refractivity contribution in [1.29, 1.82) is 0 Å². The highest BCUT2D eigenvalue weighted by Crippen LogP contribution is 2.29. The fourth-order valence-electron chi connectivity index (χ4n) is 3.43. The van der Waals surface area contributed by atoms with Crippen molar-refractivity contribution in [2.75, 3.05) is 26.2 Å². The third-order valence-corrected chi connectivity index (χ3v) is 5.04. The van der Waals surface area contributed by atoms with E-state index in [1.165, 1.54) is 0 Å². The Morgan fingerprint density at radius 2 is 1.81 bits per heavy atom. The molecule has 0 saturated carbocycles. The number of hydrogen-bond donors (Lipinski definition) is 1. The van der Waals surface area contributed by atoms with E-state index in [9.17, 15) is 18.4 Å². The van der Waals surface area contributed by atoms with E-state index in [0.29, 0.717) is 50.1 Å². The number of nitrogens with one attached hydrogen (secondary N) is 1. The van der Waals surface area contributed by atoms with Gasteiger partial charge in [0.1, 0.15) is 17.7 Å². The summed E-state index contributed by atoms with van der Waals surface area (Å²) in [6.07, 6.45) is 1.48. The van der Waals surface area contributed by atoms with Gasteiger partial charge >= 0.3 is 0 Å². The van der Waals surface area contributed by atoms with Crippen molar-refractivity contribution in [3.8, 4) is 11.5 Å². The van der Waals surface area contributed by atoms with Crippen molar-refractivity contribution in [2.45, 2.75) is 32.3 Å². The molecule has 1 N–H and O–H groups in total. The lowest BCUT2D eigenvalue weighted by Crippen LogP contribution is -2.42. The summed E-state index contributed by atoms with van der Waals surface area (Å²) in [6, 6.07) is 10.3. The van der Waals surface area contributed by atoms with Gasteiger partial charge in [-0.05, 0) is 31.2 Å². The first-order valence-electron chi connectivity index (χ1n) is 10.4. The first-order chi connectivity index (χ1) is 15.0. The number of rotatable bonds is 8. The summed E-state index contributed by atoms with van der Waals surface area (Å²) >= 11 is 0. The van der Waals surface area contributed by atoms with Gasteiger partial charge in [-0.3, -0.25) is 9.59 Å². The second-order valence-corrected chi connectivity index (χ2v) is 7.21. The van der Waals surface area contributed by atoms with Crippen LogP contribution in [0.3, 0.4) is 0 Å². The lowest BCUT2D eigenvalue weighted by atomic mass is 10.1. The topological polar surface area (TPSA) is 67.9 Å². The van der Waals surface area contributed by atoms with Crippen LogP contribution in [-0.4, -0.2) is 49.1 Å². The van der Waals surface area contributed by atoms with Gasteiger partial charge in [-0.1, -0.05) is 12.1 Å². The minimum Gasteiger partial charge on any atom is -0.490 e. The summed E-state index contributed by atoms with van der Waals surface area (Å²) in [6.45, 7) is 3.66. The second-order valence-electron chi connectivity index (χ2n) is 7.21. The molecular weight excluding hydrogens is 406 g/mol. The Kier molecular flexibility index (Phi) is 7.81. The van der Waals surface area contributed by atoms with E-state index >= 15 is 0 Å².